The van der Waals surface area contributed by atoms with Crippen molar-refractivity contribution in [3.63, 3.8) is 0 Å². The molecule has 24 heavy (non-hydrogen) atoms. The highest BCUT2D eigenvalue weighted by Gasteiger charge is 2.17. The molecule has 1 amide bonds. The van der Waals surface area contributed by atoms with Gasteiger partial charge in [-0.3, -0.25) is 5.32 Å². The molecule has 0 aliphatic carbocycles. The normalized spacial score (nSPS) is 10.9. The Morgan fingerprint density at radius 3 is 2.46 bits per heavy atom. The second kappa shape index (κ2) is 7.16. The minimum Gasteiger partial charge on any atom is -0.444 e. The van der Waals surface area contributed by atoms with E-state index < -0.39 is 11.7 Å². The maximum absolute atomic E-state index is 12.0. The molecule has 1 heterocycles. The zero-order chi connectivity index (χ0) is 17.7. The summed E-state index contributed by atoms with van der Waals surface area (Å²) in [5.74, 6) is 1.17. The predicted molar refractivity (Wildman–Crippen MR) is 95.9 cm³/mol. The van der Waals surface area contributed by atoms with Crippen molar-refractivity contribution < 1.29 is 9.53 Å². The van der Waals surface area contributed by atoms with Crippen LogP contribution in [0, 0.1) is 6.92 Å². The van der Waals surface area contributed by atoms with Crippen LogP contribution in [0.4, 0.5) is 27.9 Å². The molecule has 2 rings (SSSR count). The minimum absolute atomic E-state index is 0.434. The van der Waals surface area contributed by atoms with Crippen LogP contribution in [0.15, 0.2) is 30.5 Å². The van der Waals surface area contributed by atoms with Gasteiger partial charge in [0.2, 0.25) is 5.95 Å². The summed E-state index contributed by atoms with van der Waals surface area (Å²) in [7, 11) is 1.80. The van der Waals surface area contributed by atoms with E-state index in [4.69, 9.17) is 4.74 Å². The number of aryl methyl sites for hydroxylation is 1. The van der Waals surface area contributed by atoms with Crippen LogP contribution in [0.25, 0.3) is 0 Å². The van der Waals surface area contributed by atoms with Gasteiger partial charge in [0.25, 0.3) is 0 Å². The molecule has 0 saturated carbocycles. The lowest BCUT2D eigenvalue weighted by Gasteiger charge is -2.20. The first-order chi connectivity index (χ1) is 11.3. The van der Waals surface area contributed by atoms with Gasteiger partial charge in [0, 0.05) is 18.8 Å². The van der Waals surface area contributed by atoms with Crippen molar-refractivity contribution in [2.75, 3.05) is 23.0 Å². The maximum atomic E-state index is 12.0. The molecule has 0 bridgehead atoms. The van der Waals surface area contributed by atoms with Gasteiger partial charge in [0.1, 0.15) is 11.4 Å². The summed E-state index contributed by atoms with van der Waals surface area (Å²) in [5.41, 5.74) is 1.65. The van der Waals surface area contributed by atoms with Crippen LogP contribution in [-0.2, 0) is 4.74 Å². The standard InChI is InChI=1S/C17H23N5O2/c1-11-10-19-15(22-14(11)18-5)20-12-8-6-7-9-13(12)21-16(23)24-17(2,3)4/h6-10H,1-5H3,(H,21,23)(H2,18,19,20,22). The van der Waals surface area contributed by atoms with Crippen molar-refractivity contribution in [1.82, 2.24) is 9.97 Å². The Kier molecular flexibility index (Phi) is 5.23. The third-order valence-electron chi connectivity index (χ3n) is 3.02. The number of hydrogen-bond acceptors (Lipinski definition) is 6. The van der Waals surface area contributed by atoms with E-state index in [1.165, 1.54) is 0 Å². The van der Waals surface area contributed by atoms with Crippen LogP contribution in [0.2, 0.25) is 0 Å². The summed E-state index contributed by atoms with van der Waals surface area (Å²) in [6.07, 6.45) is 1.21. The van der Waals surface area contributed by atoms with Crippen LogP contribution < -0.4 is 16.0 Å². The molecule has 0 fully saturated rings. The van der Waals surface area contributed by atoms with Crippen molar-refractivity contribution in [3.8, 4) is 0 Å². The molecule has 0 radical (unpaired) electrons. The van der Waals surface area contributed by atoms with E-state index >= 15 is 0 Å². The highest BCUT2D eigenvalue weighted by molar-refractivity contribution is 5.90. The van der Waals surface area contributed by atoms with E-state index in [9.17, 15) is 4.79 Å². The zero-order valence-electron chi connectivity index (χ0n) is 14.6. The number of hydrogen-bond donors (Lipinski definition) is 3. The number of nitrogens with zero attached hydrogens (tertiary/aromatic N) is 2. The number of amides is 1. The van der Waals surface area contributed by atoms with Crippen molar-refractivity contribution in [2.24, 2.45) is 0 Å². The Morgan fingerprint density at radius 2 is 1.83 bits per heavy atom. The van der Waals surface area contributed by atoms with E-state index in [1.54, 1.807) is 19.3 Å². The molecule has 0 aliphatic heterocycles. The summed E-state index contributed by atoms with van der Waals surface area (Å²) >= 11 is 0. The number of aromatic nitrogens is 2. The predicted octanol–water partition coefficient (Wildman–Crippen LogP) is 3.92. The van der Waals surface area contributed by atoms with E-state index in [-0.39, 0.29) is 0 Å². The summed E-state index contributed by atoms with van der Waals surface area (Å²) in [4.78, 5) is 20.6. The molecule has 0 atom stereocenters. The first-order valence-corrected chi connectivity index (χ1v) is 7.66. The van der Waals surface area contributed by atoms with Gasteiger partial charge in [-0.05, 0) is 39.8 Å². The van der Waals surface area contributed by atoms with Gasteiger partial charge < -0.3 is 15.4 Å². The van der Waals surface area contributed by atoms with Gasteiger partial charge >= 0.3 is 6.09 Å². The van der Waals surface area contributed by atoms with E-state index in [0.717, 1.165) is 11.4 Å². The first kappa shape index (κ1) is 17.5. The topological polar surface area (TPSA) is 88.2 Å². The third kappa shape index (κ3) is 4.84. The van der Waals surface area contributed by atoms with Gasteiger partial charge in [-0.2, -0.15) is 4.98 Å². The number of para-hydroxylation sites is 2. The van der Waals surface area contributed by atoms with Crippen LogP contribution in [-0.4, -0.2) is 28.7 Å². The molecule has 0 saturated heterocycles. The van der Waals surface area contributed by atoms with E-state index in [1.807, 2.05) is 45.9 Å². The summed E-state index contributed by atoms with van der Waals surface area (Å²) in [5, 5.41) is 8.86. The van der Waals surface area contributed by atoms with Gasteiger partial charge in [-0.25, -0.2) is 9.78 Å². The largest absolute Gasteiger partial charge is 0.444 e. The molecule has 7 heteroatoms. The molecule has 1 aromatic carbocycles. The average molecular weight is 329 g/mol. The molecule has 7 nitrogen and oxygen atoms in total. The zero-order valence-corrected chi connectivity index (χ0v) is 14.6. The SMILES string of the molecule is CNc1nc(Nc2ccccc2NC(=O)OC(C)(C)C)ncc1C. The van der Waals surface area contributed by atoms with Gasteiger partial charge in [0.15, 0.2) is 0 Å². The van der Waals surface area contributed by atoms with Crippen molar-refractivity contribution in [1.29, 1.82) is 0 Å². The van der Waals surface area contributed by atoms with Crippen LogP contribution in [0.1, 0.15) is 26.3 Å². The number of carbonyl (C=O) groups is 1. The number of ether oxygens (including phenoxy) is 1. The Hall–Kier alpha value is -2.83. The second-order valence-corrected chi connectivity index (χ2v) is 6.27. The number of carbonyl (C=O) groups excluding carboxylic acids is 1. The minimum atomic E-state index is -0.561. The van der Waals surface area contributed by atoms with Gasteiger partial charge in [-0.15, -0.1) is 0 Å². The van der Waals surface area contributed by atoms with Crippen molar-refractivity contribution >= 4 is 29.2 Å². The number of benzene rings is 1. The molecule has 0 unspecified atom stereocenters. The first-order valence-electron chi connectivity index (χ1n) is 7.66. The lowest BCUT2D eigenvalue weighted by molar-refractivity contribution is 0.0636. The molecular formula is C17H23N5O2. The fourth-order valence-electron chi connectivity index (χ4n) is 1.99. The van der Waals surface area contributed by atoms with E-state index in [0.29, 0.717) is 17.3 Å². The third-order valence-corrected chi connectivity index (χ3v) is 3.02. The molecule has 128 valence electrons. The Balaban J connectivity index is 2.18. The number of anilines is 4. The monoisotopic (exact) mass is 329 g/mol. The van der Waals surface area contributed by atoms with Crippen LogP contribution in [0.5, 0.6) is 0 Å². The second-order valence-electron chi connectivity index (χ2n) is 6.27. The van der Waals surface area contributed by atoms with E-state index in [2.05, 4.69) is 25.9 Å². The summed E-state index contributed by atoms with van der Waals surface area (Å²) < 4.78 is 5.28. The number of nitrogens with one attached hydrogen (secondary N) is 3. The average Bonchev–Trinajstić information content (AvgIpc) is 2.49. The fraction of sp³-hybridized carbons (Fsp3) is 0.353. The molecule has 3 N–H and O–H groups in total. The molecule has 1 aromatic heterocycles. The maximum Gasteiger partial charge on any atom is 0.412 e. The fourth-order valence-corrected chi connectivity index (χ4v) is 1.99. The quantitative estimate of drug-likeness (QED) is 0.788. The summed E-state index contributed by atoms with van der Waals surface area (Å²) in [6.45, 7) is 7.37. The number of rotatable bonds is 4. The Morgan fingerprint density at radius 1 is 1.17 bits per heavy atom. The molecule has 0 aliphatic rings. The highest BCUT2D eigenvalue weighted by atomic mass is 16.6. The summed E-state index contributed by atoms with van der Waals surface area (Å²) in [6, 6.07) is 7.29. The van der Waals surface area contributed by atoms with Gasteiger partial charge in [-0.1, -0.05) is 12.1 Å². The van der Waals surface area contributed by atoms with Gasteiger partial charge in [0.05, 0.1) is 11.4 Å². The van der Waals surface area contributed by atoms with Crippen molar-refractivity contribution in [2.45, 2.75) is 33.3 Å². The highest BCUT2D eigenvalue weighted by Crippen LogP contribution is 2.25. The molecule has 0 spiro atoms. The van der Waals surface area contributed by atoms with Crippen LogP contribution >= 0.6 is 0 Å². The molecule has 2 aromatic rings. The lowest BCUT2D eigenvalue weighted by Crippen LogP contribution is -2.27. The smallest absolute Gasteiger partial charge is 0.412 e. The van der Waals surface area contributed by atoms with Crippen LogP contribution in [0.3, 0.4) is 0 Å². The van der Waals surface area contributed by atoms with Crippen molar-refractivity contribution in [3.05, 3.63) is 36.0 Å². The Labute approximate surface area is 141 Å². The lowest BCUT2D eigenvalue weighted by atomic mass is 10.2. The Bertz CT molecular complexity index is 725. The molecular weight excluding hydrogens is 306 g/mol.